The van der Waals surface area contributed by atoms with E-state index in [2.05, 4.69) is 15.3 Å². The molecular formula is C27H31N5O6. The summed E-state index contributed by atoms with van der Waals surface area (Å²) in [6, 6.07) is 12.2. The van der Waals surface area contributed by atoms with Gasteiger partial charge in [0.1, 0.15) is 29.3 Å². The smallest absolute Gasteiger partial charge is 0.341 e. The Kier molecular flexibility index (Phi) is 8.27. The highest BCUT2D eigenvalue weighted by molar-refractivity contribution is 5.93. The molecule has 38 heavy (non-hydrogen) atoms. The first-order valence-electron chi connectivity index (χ1n) is 12.2. The molecule has 1 atom stereocenters. The van der Waals surface area contributed by atoms with Crippen LogP contribution in [0.4, 0.5) is 17.3 Å². The lowest BCUT2D eigenvalue weighted by atomic mass is 10.1. The number of amides is 1. The minimum Gasteiger partial charge on any atom is -0.496 e. The summed E-state index contributed by atoms with van der Waals surface area (Å²) in [7, 11) is 2.79. The summed E-state index contributed by atoms with van der Waals surface area (Å²) < 4.78 is 16.2. The van der Waals surface area contributed by atoms with Crippen LogP contribution < -0.4 is 20.5 Å². The van der Waals surface area contributed by atoms with Crippen LogP contribution in [0.1, 0.15) is 30.1 Å². The SMILES string of the molecule is COC(=O)c1ccc(Nc2nccc(-c3ccc(OC4CCN(C(=O)[C@H](C)O)CC4)c(N)c3)n2)cc1OC. The van der Waals surface area contributed by atoms with Gasteiger partial charge in [-0.15, -0.1) is 0 Å². The van der Waals surface area contributed by atoms with E-state index in [0.29, 0.717) is 66.0 Å². The number of carbonyl (C=O) groups excluding carboxylic acids is 2. The fraction of sp³-hybridized carbons (Fsp3) is 0.333. The van der Waals surface area contributed by atoms with Gasteiger partial charge in [-0.2, -0.15) is 0 Å². The third kappa shape index (κ3) is 6.12. The number of nitrogens with zero attached hydrogens (tertiary/aromatic N) is 3. The molecule has 200 valence electrons. The van der Waals surface area contributed by atoms with Gasteiger partial charge in [0, 0.05) is 49.4 Å². The van der Waals surface area contributed by atoms with Crippen molar-refractivity contribution in [2.24, 2.45) is 0 Å². The molecule has 0 radical (unpaired) electrons. The highest BCUT2D eigenvalue weighted by Gasteiger charge is 2.26. The number of likely N-dealkylation sites (tertiary alicyclic amines) is 1. The van der Waals surface area contributed by atoms with E-state index < -0.39 is 12.1 Å². The van der Waals surface area contributed by atoms with Crippen molar-refractivity contribution in [3.8, 4) is 22.8 Å². The van der Waals surface area contributed by atoms with Crippen LogP contribution >= 0.6 is 0 Å². The average molecular weight is 522 g/mol. The number of nitrogens with one attached hydrogen (secondary N) is 1. The van der Waals surface area contributed by atoms with Gasteiger partial charge in [-0.25, -0.2) is 14.8 Å². The predicted octanol–water partition coefficient (Wildman–Crippen LogP) is 3.02. The van der Waals surface area contributed by atoms with Gasteiger partial charge in [0.15, 0.2) is 0 Å². The standard InChI is InChI=1S/C27H31N5O6/c1-16(33)25(34)32-12-9-19(10-13-32)38-23-7-4-17(14-21(23)28)22-8-11-29-27(31-22)30-18-5-6-20(26(35)37-3)24(15-18)36-2/h4-8,11,14-16,19,33H,9-10,12-13,28H2,1-3H3,(H,29,30,31)/t16-/m0/s1. The zero-order valence-electron chi connectivity index (χ0n) is 21.5. The Hall–Kier alpha value is -4.38. The maximum Gasteiger partial charge on any atom is 0.341 e. The number of aromatic nitrogens is 2. The summed E-state index contributed by atoms with van der Waals surface area (Å²) >= 11 is 0. The van der Waals surface area contributed by atoms with Crippen molar-refractivity contribution in [2.75, 3.05) is 38.4 Å². The number of ether oxygens (including phenoxy) is 3. The van der Waals surface area contributed by atoms with Gasteiger partial charge in [-0.1, -0.05) is 0 Å². The molecule has 1 aromatic heterocycles. The van der Waals surface area contributed by atoms with E-state index in [1.54, 1.807) is 41.4 Å². The molecule has 1 aliphatic rings. The fourth-order valence-corrected chi connectivity index (χ4v) is 4.21. The quantitative estimate of drug-likeness (QED) is 0.298. The summed E-state index contributed by atoms with van der Waals surface area (Å²) in [4.78, 5) is 34.4. The van der Waals surface area contributed by atoms with Gasteiger partial charge in [-0.3, -0.25) is 4.79 Å². The van der Waals surface area contributed by atoms with E-state index in [-0.39, 0.29) is 12.0 Å². The number of hydrogen-bond donors (Lipinski definition) is 3. The molecule has 1 amide bonds. The third-order valence-corrected chi connectivity index (χ3v) is 6.23. The van der Waals surface area contributed by atoms with Crippen LogP contribution in [0.3, 0.4) is 0 Å². The van der Waals surface area contributed by atoms with Gasteiger partial charge < -0.3 is 35.3 Å². The number of hydrogen-bond acceptors (Lipinski definition) is 10. The predicted molar refractivity (Wildman–Crippen MR) is 141 cm³/mol. The fourth-order valence-electron chi connectivity index (χ4n) is 4.21. The van der Waals surface area contributed by atoms with E-state index >= 15 is 0 Å². The summed E-state index contributed by atoms with van der Waals surface area (Å²) in [6.45, 7) is 2.53. The number of aliphatic hydroxyl groups is 1. The normalized spacial score (nSPS) is 14.5. The summed E-state index contributed by atoms with van der Waals surface area (Å²) in [5.41, 5.74) is 9.17. The average Bonchev–Trinajstić information content (AvgIpc) is 2.93. The van der Waals surface area contributed by atoms with Crippen LogP contribution in [0.2, 0.25) is 0 Å². The minimum absolute atomic E-state index is 0.0707. The maximum atomic E-state index is 12.0. The number of anilines is 3. The second-order valence-corrected chi connectivity index (χ2v) is 8.87. The van der Waals surface area contributed by atoms with Gasteiger partial charge in [-0.05, 0) is 43.3 Å². The lowest BCUT2D eigenvalue weighted by Crippen LogP contribution is -2.45. The van der Waals surface area contributed by atoms with Gasteiger partial charge in [0.05, 0.1) is 25.6 Å². The molecule has 0 unspecified atom stereocenters. The number of rotatable bonds is 8. The van der Waals surface area contributed by atoms with Gasteiger partial charge >= 0.3 is 5.97 Å². The maximum absolute atomic E-state index is 12.0. The van der Waals surface area contributed by atoms with Crippen molar-refractivity contribution in [3.05, 3.63) is 54.2 Å². The number of methoxy groups -OCH3 is 2. The Labute approximate surface area is 220 Å². The molecule has 0 bridgehead atoms. The summed E-state index contributed by atoms with van der Waals surface area (Å²) in [6.07, 6.45) is 1.88. The molecule has 11 nitrogen and oxygen atoms in total. The van der Waals surface area contributed by atoms with E-state index in [0.717, 1.165) is 5.56 Å². The van der Waals surface area contributed by atoms with Crippen molar-refractivity contribution < 1.29 is 28.9 Å². The Balaban J connectivity index is 1.43. The highest BCUT2D eigenvalue weighted by Crippen LogP contribution is 2.31. The van der Waals surface area contributed by atoms with E-state index in [4.69, 9.17) is 19.9 Å². The van der Waals surface area contributed by atoms with E-state index in [9.17, 15) is 14.7 Å². The first-order chi connectivity index (χ1) is 18.3. The topological polar surface area (TPSA) is 149 Å². The third-order valence-electron chi connectivity index (χ3n) is 6.23. The molecule has 1 saturated heterocycles. The van der Waals surface area contributed by atoms with Crippen LogP contribution in [0.15, 0.2) is 48.7 Å². The number of carbonyl (C=O) groups is 2. The first kappa shape index (κ1) is 26.7. The molecule has 0 aliphatic carbocycles. The van der Waals surface area contributed by atoms with Crippen molar-refractivity contribution in [1.82, 2.24) is 14.9 Å². The molecular weight excluding hydrogens is 490 g/mol. The summed E-state index contributed by atoms with van der Waals surface area (Å²) in [5, 5.41) is 12.6. The van der Waals surface area contributed by atoms with Crippen LogP contribution in [0, 0.1) is 0 Å². The zero-order valence-corrected chi connectivity index (χ0v) is 21.5. The van der Waals surface area contributed by atoms with Crippen molar-refractivity contribution >= 4 is 29.2 Å². The molecule has 11 heteroatoms. The van der Waals surface area contributed by atoms with E-state index in [1.165, 1.54) is 21.1 Å². The van der Waals surface area contributed by atoms with Crippen LogP contribution in [-0.2, 0) is 9.53 Å². The number of nitrogen functional groups attached to an aromatic ring is 1. The van der Waals surface area contributed by atoms with Crippen molar-refractivity contribution in [2.45, 2.75) is 32.0 Å². The number of nitrogens with two attached hydrogens (primary N) is 1. The summed E-state index contributed by atoms with van der Waals surface area (Å²) in [5.74, 6) is 0.533. The molecule has 2 heterocycles. The van der Waals surface area contributed by atoms with Crippen LogP contribution in [0.5, 0.6) is 11.5 Å². The zero-order chi connectivity index (χ0) is 27.2. The lowest BCUT2D eigenvalue weighted by Gasteiger charge is -2.33. The van der Waals surface area contributed by atoms with Gasteiger partial charge in [0.25, 0.3) is 5.91 Å². The molecule has 2 aromatic carbocycles. The second kappa shape index (κ2) is 11.8. The molecule has 3 aromatic rings. The number of aliphatic hydroxyl groups excluding tert-OH is 1. The molecule has 1 fully saturated rings. The first-order valence-corrected chi connectivity index (χ1v) is 12.2. The monoisotopic (exact) mass is 521 g/mol. The van der Waals surface area contributed by atoms with Crippen molar-refractivity contribution in [3.63, 3.8) is 0 Å². The van der Waals surface area contributed by atoms with Crippen LogP contribution in [0.25, 0.3) is 11.3 Å². The highest BCUT2D eigenvalue weighted by atomic mass is 16.5. The molecule has 4 N–H and O–H groups in total. The van der Waals surface area contributed by atoms with Crippen molar-refractivity contribution in [1.29, 1.82) is 0 Å². The molecule has 4 rings (SSSR count). The van der Waals surface area contributed by atoms with E-state index in [1.807, 2.05) is 12.1 Å². The second-order valence-electron chi connectivity index (χ2n) is 8.87. The number of esters is 1. The Morgan fingerprint density at radius 1 is 1.11 bits per heavy atom. The Bertz CT molecular complexity index is 1310. The largest absolute Gasteiger partial charge is 0.496 e. The minimum atomic E-state index is -0.997. The Morgan fingerprint density at radius 3 is 2.53 bits per heavy atom. The Morgan fingerprint density at radius 2 is 1.87 bits per heavy atom. The molecule has 0 spiro atoms. The molecule has 0 saturated carbocycles. The lowest BCUT2D eigenvalue weighted by molar-refractivity contribution is -0.141. The molecule has 1 aliphatic heterocycles. The number of piperidine rings is 1. The number of benzene rings is 2. The van der Waals surface area contributed by atoms with Gasteiger partial charge in [0.2, 0.25) is 5.95 Å². The van der Waals surface area contributed by atoms with Crippen LogP contribution in [-0.4, -0.2) is 71.4 Å².